The van der Waals surface area contributed by atoms with Gasteiger partial charge in [-0.1, -0.05) is 33.6 Å². The van der Waals surface area contributed by atoms with E-state index in [0.717, 1.165) is 0 Å². The van der Waals surface area contributed by atoms with Crippen molar-refractivity contribution in [1.29, 1.82) is 0 Å². The Hall–Kier alpha value is -0.528. The maximum atomic E-state index is 11.1. The van der Waals surface area contributed by atoms with Gasteiger partial charge in [-0.25, -0.2) is 0 Å². The smallest absolute Gasteiger partial charge is 0.585 e. The zero-order valence-corrected chi connectivity index (χ0v) is 11.1. The monoisotopic (exact) mass is 230 g/mol. The standard InChI is InChI=1S/C4H9.2C3H6O2.Al/c1-4(2)3;2*1-2-3(4)5;/h4H,1H2,2-3H3;2*2H2,1H3,(H,4,5);/q;;;+2/p-2. The number of hydrogen-bond acceptors (Lipinski definition) is 4. The van der Waals surface area contributed by atoms with Crippen LogP contribution in [0.15, 0.2) is 0 Å². The Morgan fingerprint density at radius 2 is 1.47 bits per heavy atom. The van der Waals surface area contributed by atoms with Crippen LogP contribution in [0, 0.1) is 5.92 Å². The number of hydrogen-bond donors (Lipinski definition) is 0. The van der Waals surface area contributed by atoms with E-state index in [4.69, 9.17) is 7.58 Å². The minimum absolute atomic E-state index is 0.281. The Kier molecular flexibility index (Phi) is 7.45. The number of carbonyl (C=O) groups is 2. The fourth-order valence-electron chi connectivity index (χ4n) is 0.965. The number of carbonyl (C=O) groups excluding carboxylic acids is 2. The van der Waals surface area contributed by atoms with Gasteiger partial charge in [0, 0.05) is 12.8 Å². The lowest BCUT2D eigenvalue weighted by molar-refractivity contribution is -0.140. The minimum atomic E-state index is -2.14. The Labute approximate surface area is 96.0 Å². The molecule has 0 aromatic rings. The summed E-state index contributed by atoms with van der Waals surface area (Å²) in [5.74, 6) is -0.191. The first-order chi connectivity index (χ1) is 6.99. The molecule has 0 spiro atoms. The average Bonchev–Trinajstić information content (AvgIpc) is 2.16. The van der Waals surface area contributed by atoms with Gasteiger partial charge >= 0.3 is 14.8 Å². The van der Waals surface area contributed by atoms with Crippen molar-refractivity contribution in [2.45, 2.75) is 45.8 Å². The molecule has 0 aliphatic carbocycles. The van der Waals surface area contributed by atoms with Crippen LogP contribution in [-0.2, 0) is 17.2 Å². The molecule has 0 aromatic heterocycles. The first-order valence-corrected chi connectivity index (χ1v) is 7.14. The molecule has 0 radical (unpaired) electrons. The van der Waals surface area contributed by atoms with Crippen LogP contribution in [-0.4, -0.2) is 26.8 Å². The highest BCUT2D eigenvalue weighted by Crippen LogP contribution is 2.09. The summed E-state index contributed by atoms with van der Waals surface area (Å²) in [6, 6.07) is 0. The van der Waals surface area contributed by atoms with Crippen LogP contribution in [0.2, 0.25) is 5.28 Å². The van der Waals surface area contributed by atoms with Gasteiger partial charge in [0.15, 0.2) is 0 Å². The quantitative estimate of drug-likeness (QED) is 0.655. The van der Waals surface area contributed by atoms with Gasteiger partial charge in [0.05, 0.1) is 0 Å². The van der Waals surface area contributed by atoms with Crippen LogP contribution in [0.5, 0.6) is 0 Å². The van der Waals surface area contributed by atoms with Gasteiger partial charge in [-0.3, -0.25) is 9.59 Å². The maximum Gasteiger partial charge on any atom is 0.861 e. The van der Waals surface area contributed by atoms with Gasteiger partial charge in [0.2, 0.25) is 0 Å². The molecule has 0 aliphatic heterocycles. The average molecular weight is 230 g/mol. The lowest BCUT2D eigenvalue weighted by atomic mass is 10.3. The van der Waals surface area contributed by atoms with Crippen molar-refractivity contribution < 1.29 is 17.2 Å². The van der Waals surface area contributed by atoms with E-state index >= 15 is 0 Å². The fraction of sp³-hybridized carbons (Fsp3) is 0.800. The fourth-order valence-corrected chi connectivity index (χ4v) is 2.90. The SMILES string of the molecule is CCC(=O)[O][Al]([CH2]C(C)C)[O]C(=O)CC. The molecule has 0 N–H and O–H groups in total. The molecule has 0 rings (SSSR count). The molecule has 5 heteroatoms. The van der Waals surface area contributed by atoms with Crippen molar-refractivity contribution in [2.75, 3.05) is 0 Å². The van der Waals surface area contributed by atoms with Crippen LogP contribution < -0.4 is 0 Å². The summed E-state index contributed by atoms with van der Waals surface area (Å²) in [6.07, 6.45) is 0.649. The van der Waals surface area contributed by atoms with E-state index in [1.807, 2.05) is 13.8 Å². The van der Waals surface area contributed by atoms with Gasteiger partial charge in [0.25, 0.3) is 11.9 Å². The molecule has 0 aliphatic rings. The predicted octanol–water partition coefficient (Wildman–Crippen LogP) is 2.04. The van der Waals surface area contributed by atoms with E-state index in [9.17, 15) is 9.59 Å². The minimum Gasteiger partial charge on any atom is -0.585 e. The Morgan fingerprint density at radius 3 is 1.73 bits per heavy atom. The second-order valence-corrected chi connectivity index (χ2v) is 5.55. The van der Waals surface area contributed by atoms with E-state index < -0.39 is 14.8 Å². The summed E-state index contributed by atoms with van der Waals surface area (Å²) in [7, 11) is 0. The molecule has 0 heterocycles. The topological polar surface area (TPSA) is 52.6 Å². The van der Waals surface area contributed by atoms with Crippen molar-refractivity contribution >= 4 is 26.8 Å². The van der Waals surface area contributed by atoms with Gasteiger partial charge in [-0.05, 0) is 5.28 Å². The third-order valence-electron chi connectivity index (χ3n) is 1.77. The summed E-state index contributed by atoms with van der Waals surface area (Å²) < 4.78 is 10.3. The second-order valence-electron chi connectivity index (χ2n) is 3.75. The molecule has 0 bridgehead atoms. The van der Waals surface area contributed by atoms with Crippen LogP contribution in [0.3, 0.4) is 0 Å². The third-order valence-corrected chi connectivity index (χ3v) is 4.15. The normalized spacial score (nSPS) is 9.93. The van der Waals surface area contributed by atoms with Crippen molar-refractivity contribution in [3.05, 3.63) is 0 Å². The van der Waals surface area contributed by atoms with Gasteiger partial charge in [-0.15, -0.1) is 0 Å². The molecule has 0 saturated heterocycles. The van der Waals surface area contributed by atoms with E-state index in [1.165, 1.54) is 0 Å². The zero-order valence-electron chi connectivity index (χ0n) is 9.91. The zero-order chi connectivity index (χ0) is 11.8. The molecule has 0 fully saturated rings. The highest BCUT2D eigenvalue weighted by Gasteiger charge is 2.36. The van der Waals surface area contributed by atoms with Crippen molar-refractivity contribution in [3.8, 4) is 0 Å². The lowest BCUT2D eigenvalue weighted by Crippen LogP contribution is -2.30. The molecule has 15 heavy (non-hydrogen) atoms. The predicted molar refractivity (Wildman–Crippen MR) is 58.2 cm³/mol. The number of rotatable bonds is 6. The first-order valence-electron chi connectivity index (χ1n) is 5.38. The molecule has 0 unspecified atom stereocenters. The van der Waals surface area contributed by atoms with Crippen molar-refractivity contribution in [1.82, 2.24) is 0 Å². The van der Waals surface area contributed by atoms with Crippen LogP contribution >= 0.6 is 0 Å². The van der Waals surface area contributed by atoms with E-state index in [0.29, 0.717) is 24.0 Å². The Morgan fingerprint density at radius 1 is 1.07 bits per heavy atom. The Bertz CT molecular complexity index is 197. The van der Waals surface area contributed by atoms with Crippen LogP contribution in [0.4, 0.5) is 0 Å². The first kappa shape index (κ1) is 14.5. The summed E-state index contributed by atoms with van der Waals surface area (Å²) in [4.78, 5) is 22.2. The van der Waals surface area contributed by atoms with E-state index in [1.54, 1.807) is 13.8 Å². The Balaban J connectivity index is 4.17. The highest BCUT2D eigenvalue weighted by atomic mass is 27.2. The molecule has 4 nitrogen and oxygen atoms in total. The van der Waals surface area contributed by atoms with Crippen molar-refractivity contribution in [3.63, 3.8) is 0 Å². The van der Waals surface area contributed by atoms with E-state index in [2.05, 4.69) is 0 Å². The van der Waals surface area contributed by atoms with E-state index in [-0.39, 0.29) is 11.9 Å². The van der Waals surface area contributed by atoms with Crippen LogP contribution in [0.1, 0.15) is 40.5 Å². The van der Waals surface area contributed by atoms with Crippen molar-refractivity contribution in [2.24, 2.45) is 5.92 Å². The van der Waals surface area contributed by atoms with Gasteiger partial charge < -0.3 is 7.58 Å². The second kappa shape index (κ2) is 7.72. The molecule has 0 saturated carbocycles. The van der Waals surface area contributed by atoms with Crippen LogP contribution in [0.25, 0.3) is 0 Å². The summed E-state index contributed by atoms with van der Waals surface area (Å²) in [6.45, 7) is 7.48. The molecule has 0 aromatic carbocycles. The van der Waals surface area contributed by atoms with Gasteiger partial charge in [0.1, 0.15) is 0 Å². The molecule has 86 valence electrons. The molecule has 0 amide bonds. The molecular weight excluding hydrogens is 211 g/mol. The molecular formula is C10H19AlO4. The highest BCUT2D eigenvalue weighted by molar-refractivity contribution is 6.48. The largest absolute Gasteiger partial charge is 0.861 e. The summed E-state index contributed by atoms with van der Waals surface area (Å²) in [5.41, 5.74) is 0. The summed E-state index contributed by atoms with van der Waals surface area (Å²) in [5, 5.41) is 0.678. The van der Waals surface area contributed by atoms with Gasteiger partial charge in [-0.2, -0.15) is 0 Å². The lowest BCUT2D eigenvalue weighted by Gasteiger charge is -2.14. The third kappa shape index (κ3) is 7.41. The maximum absolute atomic E-state index is 11.1. The summed E-state index contributed by atoms with van der Waals surface area (Å²) >= 11 is -2.14. The molecule has 0 atom stereocenters.